The Balaban J connectivity index is 3.07. The summed E-state index contributed by atoms with van der Waals surface area (Å²) >= 11 is 0. The van der Waals surface area contributed by atoms with E-state index in [9.17, 15) is 13.9 Å². The van der Waals surface area contributed by atoms with E-state index in [2.05, 4.69) is 5.32 Å². The molecule has 84 valence electrons. The Hall–Kier alpha value is -1.00. The number of aliphatic hydroxyl groups excluding tert-OH is 1. The van der Waals surface area contributed by atoms with Crippen LogP contribution < -0.4 is 5.32 Å². The third-order valence-corrected chi connectivity index (χ3v) is 2.44. The monoisotopic (exact) mass is 215 g/mol. The largest absolute Gasteiger partial charge is 0.394 e. The van der Waals surface area contributed by atoms with Gasteiger partial charge >= 0.3 is 0 Å². The highest BCUT2D eigenvalue weighted by atomic mass is 19.2. The van der Waals surface area contributed by atoms with E-state index in [1.54, 1.807) is 6.92 Å². The number of benzene rings is 1. The first-order valence-electron chi connectivity index (χ1n) is 4.85. The van der Waals surface area contributed by atoms with Gasteiger partial charge in [0.05, 0.1) is 12.1 Å². The van der Waals surface area contributed by atoms with E-state index < -0.39 is 17.2 Å². The van der Waals surface area contributed by atoms with Crippen LogP contribution in [0.4, 0.5) is 8.78 Å². The molecule has 4 heteroatoms. The van der Waals surface area contributed by atoms with Crippen LogP contribution in [0.3, 0.4) is 0 Å². The molecule has 1 aromatic carbocycles. The fraction of sp³-hybridized carbons (Fsp3) is 0.455. The van der Waals surface area contributed by atoms with Crippen molar-refractivity contribution in [3.63, 3.8) is 0 Å². The summed E-state index contributed by atoms with van der Waals surface area (Å²) in [4.78, 5) is 0. The summed E-state index contributed by atoms with van der Waals surface area (Å²) in [5.41, 5.74) is -0.200. The highest BCUT2D eigenvalue weighted by Gasteiger charge is 2.25. The zero-order valence-corrected chi connectivity index (χ0v) is 8.85. The Bertz CT molecular complexity index is 343. The third-order valence-electron chi connectivity index (χ3n) is 2.44. The lowest BCUT2D eigenvalue weighted by atomic mass is 9.93. The van der Waals surface area contributed by atoms with Crippen LogP contribution in [0.5, 0.6) is 0 Å². The van der Waals surface area contributed by atoms with Crippen molar-refractivity contribution in [2.24, 2.45) is 0 Å². The number of hydrogen-bond acceptors (Lipinski definition) is 2. The molecule has 1 rings (SSSR count). The molecule has 15 heavy (non-hydrogen) atoms. The van der Waals surface area contributed by atoms with Crippen LogP contribution in [-0.2, 0) is 5.54 Å². The van der Waals surface area contributed by atoms with Gasteiger partial charge in [-0.3, -0.25) is 0 Å². The van der Waals surface area contributed by atoms with Crippen LogP contribution in [0, 0.1) is 11.6 Å². The summed E-state index contributed by atoms with van der Waals surface area (Å²) in [6, 6.07) is 3.64. The average Bonchev–Trinajstić information content (AvgIpc) is 2.22. The van der Waals surface area contributed by atoms with Gasteiger partial charge in [-0.25, -0.2) is 8.78 Å². The minimum Gasteiger partial charge on any atom is -0.394 e. The van der Waals surface area contributed by atoms with E-state index in [0.717, 1.165) is 12.1 Å². The third kappa shape index (κ3) is 2.52. The van der Waals surface area contributed by atoms with Crippen molar-refractivity contribution in [1.82, 2.24) is 5.32 Å². The first kappa shape index (κ1) is 12.1. The number of aliphatic hydroxyl groups is 1. The van der Waals surface area contributed by atoms with Crippen molar-refractivity contribution < 1.29 is 13.9 Å². The highest BCUT2D eigenvalue weighted by molar-refractivity contribution is 5.25. The summed E-state index contributed by atoms with van der Waals surface area (Å²) < 4.78 is 25.7. The fourth-order valence-corrected chi connectivity index (χ4v) is 1.48. The van der Waals surface area contributed by atoms with Gasteiger partial charge in [0.2, 0.25) is 0 Å². The molecule has 0 radical (unpaired) electrons. The van der Waals surface area contributed by atoms with E-state index in [4.69, 9.17) is 0 Å². The zero-order valence-electron chi connectivity index (χ0n) is 8.85. The number of nitrogens with one attached hydrogen (secondary N) is 1. The molecule has 2 N–H and O–H groups in total. The second-order valence-corrected chi connectivity index (χ2v) is 3.65. The molecule has 0 aromatic heterocycles. The molecule has 0 saturated carbocycles. The topological polar surface area (TPSA) is 32.3 Å². The molecule has 0 heterocycles. The predicted octanol–water partition coefficient (Wildman–Crippen LogP) is 1.78. The zero-order chi connectivity index (χ0) is 11.5. The van der Waals surface area contributed by atoms with E-state index in [1.165, 1.54) is 6.07 Å². The molecule has 2 nitrogen and oxygen atoms in total. The molecule has 0 aliphatic heterocycles. The normalized spacial score (nSPS) is 15.0. The maximum atomic E-state index is 13.0. The maximum Gasteiger partial charge on any atom is 0.159 e. The first-order valence-corrected chi connectivity index (χ1v) is 4.85. The van der Waals surface area contributed by atoms with Crippen molar-refractivity contribution in [2.75, 3.05) is 13.2 Å². The first-order chi connectivity index (χ1) is 7.03. The minimum atomic E-state index is -0.898. The molecular formula is C11H15F2NO. The van der Waals surface area contributed by atoms with E-state index >= 15 is 0 Å². The van der Waals surface area contributed by atoms with Gasteiger partial charge in [0, 0.05) is 0 Å². The Morgan fingerprint density at radius 3 is 2.47 bits per heavy atom. The van der Waals surface area contributed by atoms with Crippen molar-refractivity contribution >= 4 is 0 Å². The van der Waals surface area contributed by atoms with Crippen molar-refractivity contribution in [1.29, 1.82) is 0 Å². The molecule has 0 fully saturated rings. The van der Waals surface area contributed by atoms with Crippen molar-refractivity contribution in [2.45, 2.75) is 19.4 Å². The quantitative estimate of drug-likeness (QED) is 0.802. The molecule has 0 aliphatic carbocycles. The molecule has 1 unspecified atom stereocenters. The molecule has 0 spiro atoms. The molecule has 1 atom stereocenters. The van der Waals surface area contributed by atoms with Gasteiger partial charge in [0.25, 0.3) is 0 Å². The smallest absolute Gasteiger partial charge is 0.159 e. The standard InChI is InChI=1S/C11H15F2NO/c1-3-14-11(2,7-15)8-4-5-9(12)10(13)6-8/h4-6,14-15H,3,7H2,1-2H3. The molecular weight excluding hydrogens is 200 g/mol. The van der Waals surface area contributed by atoms with Gasteiger partial charge in [-0.2, -0.15) is 0 Å². The summed E-state index contributed by atoms with van der Waals surface area (Å²) in [5.74, 6) is -1.78. The molecule has 0 saturated heterocycles. The minimum absolute atomic E-state index is 0.175. The number of halogens is 2. The summed E-state index contributed by atoms with van der Waals surface area (Å²) in [5, 5.41) is 12.3. The molecule has 0 aliphatic rings. The number of likely N-dealkylation sites (N-methyl/N-ethyl adjacent to an activating group) is 1. The predicted molar refractivity (Wildman–Crippen MR) is 54.5 cm³/mol. The van der Waals surface area contributed by atoms with Crippen LogP contribution in [0.25, 0.3) is 0 Å². The molecule has 0 bridgehead atoms. The lowest BCUT2D eigenvalue weighted by Crippen LogP contribution is -2.42. The van der Waals surface area contributed by atoms with Gasteiger partial charge in [-0.05, 0) is 31.2 Å². The van der Waals surface area contributed by atoms with Crippen molar-refractivity contribution in [3.05, 3.63) is 35.4 Å². The Morgan fingerprint density at radius 1 is 1.33 bits per heavy atom. The van der Waals surface area contributed by atoms with Gasteiger partial charge < -0.3 is 10.4 Å². The van der Waals surface area contributed by atoms with Crippen LogP contribution >= 0.6 is 0 Å². The second-order valence-electron chi connectivity index (χ2n) is 3.65. The van der Waals surface area contributed by atoms with Gasteiger partial charge in [0.15, 0.2) is 11.6 Å². The summed E-state index contributed by atoms with van der Waals surface area (Å²) in [6.45, 7) is 4.08. The fourth-order valence-electron chi connectivity index (χ4n) is 1.48. The van der Waals surface area contributed by atoms with Crippen LogP contribution in [-0.4, -0.2) is 18.3 Å². The number of rotatable bonds is 4. The van der Waals surface area contributed by atoms with E-state index in [0.29, 0.717) is 12.1 Å². The van der Waals surface area contributed by atoms with Gasteiger partial charge in [-0.15, -0.1) is 0 Å². The Kier molecular flexibility index (Phi) is 3.77. The summed E-state index contributed by atoms with van der Waals surface area (Å²) in [6.07, 6.45) is 0. The highest BCUT2D eigenvalue weighted by Crippen LogP contribution is 2.21. The van der Waals surface area contributed by atoms with Crippen LogP contribution in [0.2, 0.25) is 0 Å². The van der Waals surface area contributed by atoms with Crippen molar-refractivity contribution in [3.8, 4) is 0 Å². The van der Waals surface area contributed by atoms with Crippen LogP contribution in [0.15, 0.2) is 18.2 Å². The van der Waals surface area contributed by atoms with Gasteiger partial charge in [0.1, 0.15) is 0 Å². The van der Waals surface area contributed by atoms with Crippen LogP contribution in [0.1, 0.15) is 19.4 Å². The average molecular weight is 215 g/mol. The number of hydrogen-bond donors (Lipinski definition) is 2. The Labute approximate surface area is 87.9 Å². The Morgan fingerprint density at radius 2 is 2.00 bits per heavy atom. The molecule has 1 aromatic rings. The lowest BCUT2D eigenvalue weighted by Gasteiger charge is -2.29. The summed E-state index contributed by atoms with van der Waals surface area (Å²) in [7, 11) is 0. The SMILES string of the molecule is CCNC(C)(CO)c1ccc(F)c(F)c1. The second kappa shape index (κ2) is 4.68. The van der Waals surface area contributed by atoms with E-state index in [-0.39, 0.29) is 6.61 Å². The van der Waals surface area contributed by atoms with Gasteiger partial charge in [-0.1, -0.05) is 13.0 Å². The molecule has 0 amide bonds. The lowest BCUT2D eigenvalue weighted by molar-refractivity contribution is 0.177. The maximum absolute atomic E-state index is 13.0. The van der Waals surface area contributed by atoms with E-state index in [1.807, 2.05) is 6.92 Å².